The summed E-state index contributed by atoms with van der Waals surface area (Å²) in [5.74, 6) is 0. The summed E-state index contributed by atoms with van der Waals surface area (Å²) >= 11 is 0. The molecule has 2 aromatic rings. The van der Waals surface area contributed by atoms with Gasteiger partial charge in [-0.2, -0.15) is 10.5 Å². The van der Waals surface area contributed by atoms with Crippen LogP contribution in [0.5, 0.6) is 0 Å². The van der Waals surface area contributed by atoms with Crippen LogP contribution in [-0.4, -0.2) is 9.97 Å². The fourth-order valence-corrected chi connectivity index (χ4v) is 1.75. The summed E-state index contributed by atoms with van der Waals surface area (Å²) in [5.41, 5.74) is 3.82. The van der Waals surface area contributed by atoms with Gasteiger partial charge < -0.3 is 0 Å². The van der Waals surface area contributed by atoms with Gasteiger partial charge in [0.1, 0.15) is 12.1 Å². The van der Waals surface area contributed by atoms with Crippen molar-refractivity contribution in [2.45, 2.75) is 20.3 Å². The number of fused-ring (bicyclic) bond motifs is 1. The van der Waals surface area contributed by atoms with Crippen molar-refractivity contribution in [1.29, 1.82) is 10.5 Å². The van der Waals surface area contributed by atoms with E-state index in [0.29, 0.717) is 22.2 Å². The standard InChI is InChI=1S/C13H10N4/c1-3-11-8(2)16-12-4-9(6-14)10(7-15)5-13(12)17-11/h4-5H,3H2,1-2H3. The molecule has 4 nitrogen and oxygen atoms in total. The summed E-state index contributed by atoms with van der Waals surface area (Å²) in [5, 5.41) is 17.9. The quantitative estimate of drug-likeness (QED) is 0.741. The maximum absolute atomic E-state index is 8.94. The zero-order valence-corrected chi connectivity index (χ0v) is 9.65. The third-order valence-corrected chi connectivity index (χ3v) is 2.65. The van der Waals surface area contributed by atoms with Crippen LogP contribution < -0.4 is 0 Å². The second-order valence-electron chi connectivity index (χ2n) is 3.72. The Morgan fingerprint density at radius 2 is 1.59 bits per heavy atom. The minimum absolute atomic E-state index is 0.345. The third-order valence-electron chi connectivity index (χ3n) is 2.65. The summed E-state index contributed by atoms with van der Waals surface area (Å²) < 4.78 is 0. The molecule has 0 saturated heterocycles. The fraction of sp³-hybridized carbons (Fsp3) is 0.231. The lowest BCUT2D eigenvalue weighted by atomic mass is 10.1. The van der Waals surface area contributed by atoms with Gasteiger partial charge in [-0.3, -0.25) is 0 Å². The molecule has 82 valence electrons. The van der Waals surface area contributed by atoms with Crippen molar-refractivity contribution in [3.8, 4) is 12.1 Å². The molecule has 2 rings (SSSR count). The maximum Gasteiger partial charge on any atom is 0.101 e. The van der Waals surface area contributed by atoms with Crippen LogP contribution in [0.2, 0.25) is 0 Å². The molecule has 0 amide bonds. The Morgan fingerprint density at radius 3 is 2.06 bits per heavy atom. The molecule has 0 aliphatic rings. The predicted molar refractivity (Wildman–Crippen MR) is 63.1 cm³/mol. The Labute approximate surface area is 99.2 Å². The lowest BCUT2D eigenvalue weighted by molar-refractivity contribution is 0.989. The number of benzene rings is 1. The van der Waals surface area contributed by atoms with Crippen LogP contribution in [0, 0.1) is 29.6 Å². The molecule has 0 atom stereocenters. The molecular formula is C13H10N4. The lowest BCUT2D eigenvalue weighted by Crippen LogP contribution is -1.98. The Kier molecular flexibility index (Phi) is 2.72. The van der Waals surface area contributed by atoms with Gasteiger partial charge in [0, 0.05) is 0 Å². The van der Waals surface area contributed by atoms with E-state index in [4.69, 9.17) is 10.5 Å². The largest absolute Gasteiger partial charge is 0.250 e. The van der Waals surface area contributed by atoms with Crippen LogP contribution in [0.3, 0.4) is 0 Å². The first-order valence-corrected chi connectivity index (χ1v) is 5.31. The summed E-state index contributed by atoms with van der Waals surface area (Å²) in [6.07, 6.45) is 0.802. The molecular weight excluding hydrogens is 212 g/mol. The topological polar surface area (TPSA) is 73.4 Å². The first-order chi connectivity index (χ1) is 8.19. The molecule has 4 heteroatoms. The highest BCUT2D eigenvalue weighted by Gasteiger charge is 2.08. The number of hydrogen-bond acceptors (Lipinski definition) is 4. The molecule has 0 spiro atoms. The average Bonchev–Trinajstić information content (AvgIpc) is 2.36. The van der Waals surface area contributed by atoms with Gasteiger partial charge in [-0.25, -0.2) is 9.97 Å². The Balaban J connectivity index is 2.81. The van der Waals surface area contributed by atoms with Crippen molar-refractivity contribution in [1.82, 2.24) is 9.97 Å². The fourth-order valence-electron chi connectivity index (χ4n) is 1.75. The monoisotopic (exact) mass is 222 g/mol. The Bertz CT molecular complexity index is 674. The second-order valence-corrected chi connectivity index (χ2v) is 3.72. The minimum atomic E-state index is 0.345. The van der Waals surface area contributed by atoms with E-state index < -0.39 is 0 Å². The van der Waals surface area contributed by atoms with Gasteiger partial charge >= 0.3 is 0 Å². The van der Waals surface area contributed by atoms with Crippen LogP contribution in [0.1, 0.15) is 29.4 Å². The third kappa shape index (κ3) is 1.81. The molecule has 0 bridgehead atoms. The number of aromatic nitrogens is 2. The molecule has 0 N–H and O–H groups in total. The Morgan fingerprint density at radius 1 is 1.06 bits per heavy atom. The molecule has 0 unspecified atom stereocenters. The first-order valence-electron chi connectivity index (χ1n) is 5.31. The molecule has 17 heavy (non-hydrogen) atoms. The zero-order valence-electron chi connectivity index (χ0n) is 9.65. The van der Waals surface area contributed by atoms with E-state index in [0.717, 1.165) is 17.8 Å². The van der Waals surface area contributed by atoms with Crippen molar-refractivity contribution in [2.75, 3.05) is 0 Å². The first kappa shape index (κ1) is 11.0. The number of nitrogens with zero attached hydrogens (tertiary/aromatic N) is 4. The van der Waals surface area contributed by atoms with Crippen LogP contribution in [0.25, 0.3) is 11.0 Å². The summed E-state index contributed by atoms with van der Waals surface area (Å²) in [4.78, 5) is 8.86. The molecule has 1 aromatic heterocycles. The summed E-state index contributed by atoms with van der Waals surface area (Å²) in [6, 6.07) is 7.24. The van der Waals surface area contributed by atoms with E-state index in [9.17, 15) is 0 Å². The van der Waals surface area contributed by atoms with Crippen molar-refractivity contribution in [3.05, 3.63) is 34.6 Å². The van der Waals surface area contributed by atoms with E-state index in [2.05, 4.69) is 9.97 Å². The van der Waals surface area contributed by atoms with Crippen LogP contribution >= 0.6 is 0 Å². The smallest absolute Gasteiger partial charge is 0.101 e. The minimum Gasteiger partial charge on any atom is -0.250 e. The molecule has 0 fully saturated rings. The van der Waals surface area contributed by atoms with Crippen molar-refractivity contribution in [3.63, 3.8) is 0 Å². The van der Waals surface area contributed by atoms with Gasteiger partial charge in [0.15, 0.2) is 0 Å². The average molecular weight is 222 g/mol. The number of aryl methyl sites for hydroxylation is 2. The highest BCUT2D eigenvalue weighted by Crippen LogP contribution is 2.18. The summed E-state index contributed by atoms with van der Waals surface area (Å²) in [7, 11) is 0. The van der Waals surface area contributed by atoms with Gasteiger partial charge in [-0.15, -0.1) is 0 Å². The number of nitriles is 2. The van der Waals surface area contributed by atoms with E-state index in [1.165, 1.54) is 0 Å². The highest BCUT2D eigenvalue weighted by atomic mass is 14.8. The van der Waals surface area contributed by atoms with E-state index in [1.54, 1.807) is 12.1 Å². The van der Waals surface area contributed by atoms with Crippen molar-refractivity contribution in [2.24, 2.45) is 0 Å². The normalized spacial score (nSPS) is 9.88. The van der Waals surface area contributed by atoms with Gasteiger partial charge in [0.25, 0.3) is 0 Å². The van der Waals surface area contributed by atoms with Crippen molar-refractivity contribution < 1.29 is 0 Å². The second kappa shape index (κ2) is 4.19. The predicted octanol–water partition coefficient (Wildman–Crippen LogP) is 2.24. The summed E-state index contributed by atoms with van der Waals surface area (Å²) in [6.45, 7) is 3.91. The van der Waals surface area contributed by atoms with E-state index >= 15 is 0 Å². The lowest BCUT2D eigenvalue weighted by Gasteiger charge is -2.05. The maximum atomic E-state index is 8.94. The molecule has 0 aliphatic carbocycles. The van der Waals surface area contributed by atoms with Gasteiger partial charge in [0.2, 0.25) is 0 Å². The SMILES string of the molecule is CCc1nc2cc(C#N)c(C#N)cc2nc1C. The van der Waals surface area contributed by atoms with Crippen LogP contribution in [-0.2, 0) is 6.42 Å². The van der Waals surface area contributed by atoms with E-state index in [-0.39, 0.29) is 0 Å². The Hall–Kier alpha value is -2.46. The number of rotatable bonds is 1. The zero-order chi connectivity index (χ0) is 12.4. The van der Waals surface area contributed by atoms with Gasteiger partial charge in [-0.05, 0) is 25.5 Å². The molecule has 1 heterocycles. The van der Waals surface area contributed by atoms with E-state index in [1.807, 2.05) is 26.0 Å². The molecule has 0 saturated carbocycles. The molecule has 1 aromatic carbocycles. The highest BCUT2D eigenvalue weighted by molar-refractivity contribution is 5.79. The van der Waals surface area contributed by atoms with Gasteiger partial charge in [0.05, 0.1) is 33.5 Å². The van der Waals surface area contributed by atoms with Gasteiger partial charge in [-0.1, -0.05) is 6.92 Å². The van der Waals surface area contributed by atoms with Crippen LogP contribution in [0.4, 0.5) is 0 Å². The van der Waals surface area contributed by atoms with Crippen molar-refractivity contribution >= 4 is 11.0 Å². The molecule has 0 radical (unpaired) electrons. The van der Waals surface area contributed by atoms with Crippen LogP contribution in [0.15, 0.2) is 12.1 Å². The molecule has 0 aliphatic heterocycles. The number of hydrogen-bond donors (Lipinski definition) is 0.